The molecular weight excluding hydrogens is 134 g/mol. The Morgan fingerprint density at radius 2 is 1.60 bits per heavy atom. The van der Waals surface area contributed by atoms with Gasteiger partial charge in [0.1, 0.15) is 0 Å². The summed E-state index contributed by atoms with van der Waals surface area (Å²) < 4.78 is 0. The number of aliphatic carboxylic acids is 1. The smallest absolute Gasteiger partial charge is 0.303 e. The van der Waals surface area contributed by atoms with Crippen LogP contribution in [-0.4, -0.2) is 17.0 Å². The molecule has 0 aliphatic rings. The molecule has 4 nitrogen and oxygen atoms in total. The topological polar surface area (TPSA) is 80.4 Å². The van der Waals surface area contributed by atoms with E-state index in [-0.39, 0.29) is 27.7 Å². The average molecular weight is 149 g/mol. The van der Waals surface area contributed by atoms with E-state index in [1.54, 1.807) is 0 Å². The molecule has 3 N–H and O–H groups in total. The van der Waals surface area contributed by atoms with Gasteiger partial charge in [-0.3, -0.25) is 9.59 Å². The van der Waals surface area contributed by atoms with Gasteiger partial charge in [0.25, 0.3) is 0 Å². The summed E-state index contributed by atoms with van der Waals surface area (Å²) in [5.41, 5.74) is 4.64. The van der Waals surface area contributed by atoms with Gasteiger partial charge in [-0.05, 0) is 0 Å². The predicted octanol–water partition coefficient (Wildman–Crippen LogP) is 0.609. The van der Waals surface area contributed by atoms with Crippen molar-refractivity contribution in [1.29, 1.82) is 0 Å². The van der Waals surface area contributed by atoms with E-state index in [0.717, 1.165) is 0 Å². The standard InChI is InChI=1S/C4H7NO3.2CH4/c5-3(6)1-2-4(7)8;;/h1-2H2,(H2,5,6)(H,7,8);2*1H4. The van der Waals surface area contributed by atoms with Crippen molar-refractivity contribution in [1.82, 2.24) is 0 Å². The van der Waals surface area contributed by atoms with E-state index in [9.17, 15) is 9.59 Å². The third-order valence-corrected chi connectivity index (χ3v) is 0.585. The molecule has 0 aromatic rings. The quantitative estimate of drug-likeness (QED) is 0.616. The Labute approximate surface area is 61.0 Å². The molecule has 0 aliphatic heterocycles. The first-order valence-corrected chi connectivity index (χ1v) is 2.13. The number of nitrogens with two attached hydrogens (primary N) is 1. The van der Waals surface area contributed by atoms with Crippen LogP contribution in [0.15, 0.2) is 0 Å². The number of carboxylic acid groups (broad SMARTS) is 1. The number of carboxylic acids is 1. The molecule has 1 amide bonds. The SMILES string of the molecule is C.C.NC(=O)CCC(=O)O. The summed E-state index contributed by atoms with van der Waals surface area (Å²) in [5, 5.41) is 7.95. The number of hydrogen-bond donors (Lipinski definition) is 2. The maximum absolute atomic E-state index is 9.86. The maximum atomic E-state index is 9.86. The summed E-state index contributed by atoms with van der Waals surface area (Å²) >= 11 is 0. The van der Waals surface area contributed by atoms with Gasteiger partial charge in [0.2, 0.25) is 5.91 Å². The van der Waals surface area contributed by atoms with Crippen LogP contribution in [0.1, 0.15) is 27.7 Å². The van der Waals surface area contributed by atoms with E-state index in [1.165, 1.54) is 0 Å². The zero-order chi connectivity index (χ0) is 6.57. The molecule has 0 bridgehead atoms. The lowest BCUT2D eigenvalue weighted by Crippen LogP contribution is -2.12. The fourth-order valence-electron chi connectivity index (χ4n) is 0.230. The van der Waals surface area contributed by atoms with Crippen LogP contribution in [0.4, 0.5) is 0 Å². The molecule has 0 aromatic carbocycles. The zero-order valence-corrected chi connectivity index (χ0v) is 4.26. The number of hydrogen-bond acceptors (Lipinski definition) is 2. The first-order chi connectivity index (χ1) is 3.63. The molecular formula is C6H15NO3. The van der Waals surface area contributed by atoms with Crippen LogP contribution in [0.3, 0.4) is 0 Å². The van der Waals surface area contributed by atoms with Crippen molar-refractivity contribution in [3.8, 4) is 0 Å². The fourth-order valence-corrected chi connectivity index (χ4v) is 0.230. The van der Waals surface area contributed by atoms with Crippen molar-refractivity contribution in [3.63, 3.8) is 0 Å². The molecule has 0 atom stereocenters. The Morgan fingerprint density at radius 3 is 1.70 bits per heavy atom. The molecule has 0 aromatic heterocycles. The Hall–Kier alpha value is -1.06. The van der Waals surface area contributed by atoms with Crippen molar-refractivity contribution in [3.05, 3.63) is 0 Å². The number of primary amides is 1. The Kier molecular flexibility index (Phi) is 12.7. The second kappa shape index (κ2) is 7.94. The van der Waals surface area contributed by atoms with Crippen molar-refractivity contribution in [2.45, 2.75) is 27.7 Å². The number of rotatable bonds is 3. The zero-order valence-electron chi connectivity index (χ0n) is 4.26. The van der Waals surface area contributed by atoms with Crippen molar-refractivity contribution < 1.29 is 14.7 Å². The van der Waals surface area contributed by atoms with Crippen molar-refractivity contribution in [2.75, 3.05) is 0 Å². The summed E-state index contributed by atoms with van der Waals surface area (Å²) in [6, 6.07) is 0. The van der Waals surface area contributed by atoms with E-state index in [0.29, 0.717) is 0 Å². The van der Waals surface area contributed by atoms with E-state index in [2.05, 4.69) is 5.73 Å². The molecule has 0 radical (unpaired) electrons. The van der Waals surface area contributed by atoms with Gasteiger partial charge in [0.15, 0.2) is 0 Å². The number of carbonyl (C=O) groups excluding carboxylic acids is 1. The van der Waals surface area contributed by atoms with Crippen LogP contribution in [0.5, 0.6) is 0 Å². The normalized spacial score (nSPS) is 6.80. The highest BCUT2D eigenvalue weighted by molar-refractivity contribution is 5.79. The molecule has 0 spiro atoms. The van der Waals surface area contributed by atoms with Gasteiger partial charge in [0, 0.05) is 6.42 Å². The van der Waals surface area contributed by atoms with Gasteiger partial charge < -0.3 is 10.8 Å². The molecule has 0 unspecified atom stereocenters. The van der Waals surface area contributed by atoms with Gasteiger partial charge in [-0.2, -0.15) is 0 Å². The largest absolute Gasteiger partial charge is 0.481 e. The van der Waals surface area contributed by atoms with Gasteiger partial charge >= 0.3 is 5.97 Å². The van der Waals surface area contributed by atoms with Gasteiger partial charge in [0.05, 0.1) is 6.42 Å². The van der Waals surface area contributed by atoms with Crippen LogP contribution in [0.2, 0.25) is 0 Å². The van der Waals surface area contributed by atoms with E-state index in [1.807, 2.05) is 0 Å². The first kappa shape index (κ1) is 16.0. The van der Waals surface area contributed by atoms with Crippen LogP contribution in [-0.2, 0) is 9.59 Å². The van der Waals surface area contributed by atoms with Crippen molar-refractivity contribution in [2.24, 2.45) is 5.73 Å². The van der Waals surface area contributed by atoms with Crippen LogP contribution >= 0.6 is 0 Å². The summed E-state index contributed by atoms with van der Waals surface area (Å²) in [7, 11) is 0. The minimum Gasteiger partial charge on any atom is -0.481 e. The van der Waals surface area contributed by atoms with Crippen molar-refractivity contribution >= 4 is 11.9 Å². The number of amides is 1. The van der Waals surface area contributed by atoms with E-state index < -0.39 is 11.9 Å². The third-order valence-electron chi connectivity index (χ3n) is 0.585. The highest BCUT2D eigenvalue weighted by Crippen LogP contribution is 1.84. The summed E-state index contributed by atoms with van der Waals surface area (Å²) in [6.45, 7) is 0. The fraction of sp³-hybridized carbons (Fsp3) is 0.667. The molecule has 0 rings (SSSR count). The minimum absolute atomic E-state index is 0. The molecule has 4 heteroatoms. The van der Waals surface area contributed by atoms with E-state index >= 15 is 0 Å². The third kappa shape index (κ3) is 15.8. The summed E-state index contributed by atoms with van der Waals surface area (Å²) in [6.07, 6.45) is -0.245. The molecule has 0 saturated carbocycles. The lowest BCUT2D eigenvalue weighted by molar-refractivity contribution is -0.138. The molecule has 0 aliphatic carbocycles. The monoisotopic (exact) mass is 149 g/mol. The highest BCUT2D eigenvalue weighted by Gasteiger charge is 1.98. The lowest BCUT2D eigenvalue weighted by atomic mass is 10.3. The van der Waals surface area contributed by atoms with Gasteiger partial charge in [-0.25, -0.2) is 0 Å². The molecule has 10 heavy (non-hydrogen) atoms. The average Bonchev–Trinajstić information content (AvgIpc) is 1.61. The van der Waals surface area contributed by atoms with Gasteiger partial charge in [-0.15, -0.1) is 0 Å². The molecule has 0 heterocycles. The molecule has 0 fully saturated rings. The van der Waals surface area contributed by atoms with Gasteiger partial charge in [-0.1, -0.05) is 14.9 Å². The Balaban J connectivity index is -0.000000245. The first-order valence-electron chi connectivity index (χ1n) is 2.13. The minimum atomic E-state index is -0.996. The number of carbonyl (C=O) groups is 2. The van der Waals surface area contributed by atoms with E-state index in [4.69, 9.17) is 5.11 Å². The maximum Gasteiger partial charge on any atom is 0.303 e. The second-order valence-electron chi connectivity index (χ2n) is 1.36. The second-order valence-corrected chi connectivity index (χ2v) is 1.36. The van der Waals surface area contributed by atoms with Crippen LogP contribution in [0.25, 0.3) is 0 Å². The summed E-state index contributed by atoms with van der Waals surface area (Å²) in [5.74, 6) is -1.57. The highest BCUT2D eigenvalue weighted by atomic mass is 16.4. The molecule has 62 valence electrons. The Bertz CT molecular complexity index is 97.6. The van der Waals surface area contributed by atoms with Crippen LogP contribution in [0, 0.1) is 0 Å². The molecule has 0 saturated heterocycles. The predicted molar refractivity (Wildman–Crippen MR) is 39.5 cm³/mol. The lowest BCUT2D eigenvalue weighted by Gasteiger charge is -1.86. The van der Waals surface area contributed by atoms with Crippen LogP contribution < -0.4 is 5.73 Å². The summed E-state index contributed by atoms with van der Waals surface area (Å²) in [4.78, 5) is 19.6. The Morgan fingerprint density at radius 1 is 1.20 bits per heavy atom.